The second-order valence-electron chi connectivity index (χ2n) is 8.39. The highest BCUT2D eigenvalue weighted by molar-refractivity contribution is 6.35. The zero-order valence-corrected chi connectivity index (χ0v) is 18.1. The quantitative estimate of drug-likeness (QED) is 0.437. The number of para-hydroxylation sites is 1. The molecule has 4 N–H and O–H groups in total. The average molecular weight is 437 g/mol. The minimum atomic E-state index is 0.0347. The lowest BCUT2D eigenvalue weighted by molar-refractivity contribution is -0.119. The topological polar surface area (TPSA) is 101 Å². The summed E-state index contributed by atoms with van der Waals surface area (Å²) < 4.78 is 2.09. The third-order valence-corrected chi connectivity index (χ3v) is 6.64. The number of carbonyl (C=O) groups is 1. The lowest BCUT2D eigenvalue weighted by Gasteiger charge is -2.27. The van der Waals surface area contributed by atoms with Gasteiger partial charge in [-0.3, -0.25) is 9.20 Å². The molecule has 1 aliphatic carbocycles. The molecule has 3 heterocycles. The van der Waals surface area contributed by atoms with Gasteiger partial charge < -0.3 is 16.0 Å². The number of H-pyrrole nitrogens is 1. The number of imidazole rings is 1. The third kappa shape index (κ3) is 3.63. The number of halogens is 1. The minimum absolute atomic E-state index is 0.0347. The fourth-order valence-corrected chi connectivity index (χ4v) is 4.95. The Bertz CT molecular complexity index is 1270. The maximum atomic E-state index is 11.2. The number of anilines is 1. The second kappa shape index (κ2) is 7.89. The number of hydrogen-bond acceptors (Lipinski definition) is 4. The molecule has 160 valence electrons. The van der Waals surface area contributed by atoms with E-state index in [2.05, 4.69) is 25.8 Å². The van der Waals surface area contributed by atoms with Crippen LogP contribution in [0.3, 0.4) is 0 Å². The molecule has 1 saturated carbocycles. The van der Waals surface area contributed by atoms with Crippen LogP contribution in [0.1, 0.15) is 44.3 Å². The van der Waals surface area contributed by atoms with Gasteiger partial charge in [0, 0.05) is 37.2 Å². The summed E-state index contributed by atoms with van der Waals surface area (Å²) in [5.74, 6) is 2.37. The van der Waals surface area contributed by atoms with E-state index in [1.54, 1.807) is 13.1 Å². The Balaban J connectivity index is 1.51. The van der Waals surface area contributed by atoms with E-state index >= 15 is 0 Å². The Morgan fingerprint density at radius 2 is 2.13 bits per heavy atom. The van der Waals surface area contributed by atoms with Gasteiger partial charge in [-0.05, 0) is 43.7 Å². The summed E-state index contributed by atoms with van der Waals surface area (Å²) in [7, 11) is 0. The van der Waals surface area contributed by atoms with Gasteiger partial charge >= 0.3 is 0 Å². The molecule has 1 amide bonds. The van der Waals surface area contributed by atoms with Gasteiger partial charge in [0.25, 0.3) is 0 Å². The summed E-state index contributed by atoms with van der Waals surface area (Å²) in [5, 5.41) is 4.66. The molecule has 0 atom stereocenters. The van der Waals surface area contributed by atoms with Crippen molar-refractivity contribution >= 4 is 39.7 Å². The first kappa shape index (κ1) is 19.9. The Labute approximate surface area is 185 Å². The number of nitrogens with two attached hydrogens (primary N) is 1. The van der Waals surface area contributed by atoms with Crippen LogP contribution in [0.2, 0.25) is 5.02 Å². The summed E-state index contributed by atoms with van der Waals surface area (Å²) >= 11 is 6.37. The van der Waals surface area contributed by atoms with Crippen LogP contribution in [0.5, 0.6) is 0 Å². The van der Waals surface area contributed by atoms with E-state index in [1.807, 2.05) is 24.4 Å². The molecule has 0 bridgehead atoms. The van der Waals surface area contributed by atoms with Crippen LogP contribution in [-0.2, 0) is 4.79 Å². The molecule has 1 aromatic carbocycles. The molecule has 0 unspecified atom stereocenters. The van der Waals surface area contributed by atoms with Crippen LogP contribution in [0.4, 0.5) is 5.82 Å². The molecular formula is C23H25ClN6O. The van der Waals surface area contributed by atoms with Crippen molar-refractivity contribution < 1.29 is 4.79 Å². The smallest absolute Gasteiger partial charge is 0.216 e. The van der Waals surface area contributed by atoms with Crippen molar-refractivity contribution in [2.24, 2.45) is 5.92 Å². The van der Waals surface area contributed by atoms with Gasteiger partial charge in [-0.2, -0.15) is 0 Å². The van der Waals surface area contributed by atoms with Crippen molar-refractivity contribution in [2.45, 2.75) is 38.5 Å². The largest absolute Gasteiger partial charge is 0.382 e. The van der Waals surface area contributed by atoms with Crippen LogP contribution in [0.25, 0.3) is 27.8 Å². The number of hydrogen-bond donors (Lipinski definition) is 3. The third-order valence-electron chi connectivity index (χ3n) is 6.32. The predicted molar refractivity (Wildman–Crippen MR) is 123 cm³/mol. The van der Waals surface area contributed by atoms with Gasteiger partial charge in [-0.1, -0.05) is 23.7 Å². The van der Waals surface area contributed by atoms with Gasteiger partial charge in [-0.25, -0.2) is 9.97 Å². The number of aromatic nitrogens is 4. The molecule has 5 rings (SSSR count). The Hall–Kier alpha value is -3.06. The number of benzene rings is 1. The molecular weight excluding hydrogens is 412 g/mol. The fourth-order valence-electron chi connectivity index (χ4n) is 4.72. The lowest BCUT2D eigenvalue weighted by Crippen LogP contribution is -2.29. The number of amides is 1. The monoisotopic (exact) mass is 436 g/mol. The zero-order valence-electron chi connectivity index (χ0n) is 17.4. The molecule has 1 fully saturated rings. The number of aromatic amines is 1. The van der Waals surface area contributed by atoms with E-state index in [0.717, 1.165) is 65.9 Å². The number of carbonyl (C=O) groups excluding carboxylic acids is 1. The molecule has 4 aromatic rings. The standard InChI is InChI=1S/C23H25ClN6O/c1-13(31)27-12-14-5-7-15(8-6-14)23-29-20(21-22(25)26-9-10-30(21)23)18-11-16-3-2-4-17(24)19(16)28-18/h2-4,9-11,14-15,28H,5-8,12H2,1H3,(H2,25,26)(H,27,31)/t14-,15-. The predicted octanol–water partition coefficient (Wildman–Crippen LogP) is 4.52. The summed E-state index contributed by atoms with van der Waals surface area (Å²) in [6, 6.07) is 7.90. The maximum absolute atomic E-state index is 11.2. The maximum Gasteiger partial charge on any atom is 0.216 e. The molecule has 0 spiro atoms. The van der Waals surface area contributed by atoms with Crippen LogP contribution in [-0.4, -0.2) is 31.8 Å². The van der Waals surface area contributed by atoms with Crippen molar-refractivity contribution in [3.63, 3.8) is 0 Å². The SMILES string of the molecule is CC(=O)NC[C@H]1CC[C@H](c2nc(-c3cc4cccc(Cl)c4[nH]3)c3c(N)nccn32)CC1. The van der Waals surface area contributed by atoms with Crippen LogP contribution in [0, 0.1) is 5.92 Å². The van der Waals surface area contributed by atoms with Crippen LogP contribution < -0.4 is 11.1 Å². The van der Waals surface area contributed by atoms with E-state index < -0.39 is 0 Å². The number of nitrogens with zero attached hydrogens (tertiary/aromatic N) is 3. The zero-order chi connectivity index (χ0) is 21.5. The van der Waals surface area contributed by atoms with E-state index in [-0.39, 0.29) is 5.91 Å². The van der Waals surface area contributed by atoms with E-state index in [9.17, 15) is 4.79 Å². The second-order valence-corrected chi connectivity index (χ2v) is 8.80. The molecule has 3 aromatic heterocycles. The number of rotatable bonds is 4. The van der Waals surface area contributed by atoms with E-state index in [1.165, 1.54) is 0 Å². The van der Waals surface area contributed by atoms with Crippen molar-refractivity contribution in [1.29, 1.82) is 0 Å². The lowest BCUT2D eigenvalue weighted by atomic mass is 9.81. The number of fused-ring (bicyclic) bond motifs is 2. The van der Waals surface area contributed by atoms with Crippen molar-refractivity contribution in [2.75, 3.05) is 12.3 Å². The molecule has 7 nitrogen and oxygen atoms in total. The highest BCUT2D eigenvalue weighted by Gasteiger charge is 2.28. The van der Waals surface area contributed by atoms with Gasteiger partial charge in [0.05, 0.1) is 16.2 Å². The summed E-state index contributed by atoms with van der Waals surface area (Å²) in [4.78, 5) is 24.0. The van der Waals surface area contributed by atoms with Crippen molar-refractivity contribution in [3.05, 3.63) is 47.5 Å². The Morgan fingerprint density at radius 1 is 1.32 bits per heavy atom. The fraction of sp³-hybridized carbons (Fsp3) is 0.348. The molecule has 0 aliphatic heterocycles. The van der Waals surface area contributed by atoms with Gasteiger partial charge in [-0.15, -0.1) is 0 Å². The van der Waals surface area contributed by atoms with Crippen LogP contribution >= 0.6 is 11.6 Å². The number of nitrogen functional groups attached to an aromatic ring is 1. The number of nitrogens with one attached hydrogen (secondary N) is 2. The van der Waals surface area contributed by atoms with E-state index in [4.69, 9.17) is 22.3 Å². The normalized spacial score (nSPS) is 19.2. The Morgan fingerprint density at radius 3 is 2.87 bits per heavy atom. The van der Waals surface area contributed by atoms with Gasteiger partial charge in [0.15, 0.2) is 0 Å². The van der Waals surface area contributed by atoms with Crippen LogP contribution in [0.15, 0.2) is 36.7 Å². The Kier molecular flexibility index (Phi) is 5.06. The van der Waals surface area contributed by atoms with E-state index in [0.29, 0.717) is 22.7 Å². The molecule has 0 radical (unpaired) electrons. The highest BCUT2D eigenvalue weighted by atomic mass is 35.5. The first-order valence-corrected chi connectivity index (χ1v) is 11.0. The van der Waals surface area contributed by atoms with Gasteiger partial charge in [0.1, 0.15) is 22.9 Å². The molecule has 31 heavy (non-hydrogen) atoms. The summed E-state index contributed by atoms with van der Waals surface area (Å²) in [6.07, 6.45) is 7.86. The first-order valence-electron chi connectivity index (χ1n) is 10.7. The van der Waals surface area contributed by atoms with Crippen molar-refractivity contribution in [3.8, 4) is 11.4 Å². The minimum Gasteiger partial charge on any atom is -0.382 e. The first-order chi connectivity index (χ1) is 15.0. The highest BCUT2D eigenvalue weighted by Crippen LogP contribution is 2.39. The van der Waals surface area contributed by atoms with Crippen molar-refractivity contribution in [1.82, 2.24) is 24.7 Å². The molecule has 0 saturated heterocycles. The average Bonchev–Trinajstić information content (AvgIpc) is 3.36. The molecule has 8 heteroatoms. The molecule has 1 aliphatic rings. The summed E-state index contributed by atoms with van der Waals surface area (Å²) in [5.41, 5.74) is 9.69. The van der Waals surface area contributed by atoms with Gasteiger partial charge in [0.2, 0.25) is 5.91 Å². The summed E-state index contributed by atoms with van der Waals surface area (Å²) in [6.45, 7) is 2.32.